The maximum Gasteiger partial charge on any atom is 0.336 e. The highest BCUT2D eigenvalue weighted by molar-refractivity contribution is 5.92. The molecule has 0 radical (unpaired) electrons. The van der Waals surface area contributed by atoms with Crippen molar-refractivity contribution in [1.82, 2.24) is 5.32 Å². The minimum Gasteiger partial charge on any atom is -0.466 e. The lowest BCUT2D eigenvalue weighted by atomic mass is 9.69. The first-order chi connectivity index (χ1) is 11.3. The summed E-state index contributed by atoms with van der Waals surface area (Å²) in [5.41, 5.74) is 7.02. The van der Waals surface area contributed by atoms with E-state index in [4.69, 9.17) is 4.74 Å². The van der Waals surface area contributed by atoms with Gasteiger partial charge in [-0.2, -0.15) is 0 Å². The van der Waals surface area contributed by atoms with Gasteiger partial charge in [-0.1, -0.05) is 43.7 Å². The lowest BCUT2D eigenvalue weighted by Crippen LogP contribution is -2.34. The Balaban J connectivity index is 2.12. The third-order valence-corrected chi connectivity index (χ3v) is 5.31. The molecule has 3 heteroatoms. The van der Waals surface area contributed by atoms with E-state index >= 15 is 0 Å². The number of methoxy groups -OCH3 is 1. The Kier molecular flexibility index (Phi) is 4.29. The number of carbonyl (C=O) groups is 1. The van der Waals surface area contributed by atoms with E-state index in [-0.39, 0.29) is 11.9 Å². The SMILES string of the molecule is COC(=O)C1=C(C)NC2=C(CCC(C)(C)C2)C1c1ccc(C)cc1. The normalized spacial score (nSPS) is 22.8. The second-order valence-corrected chi connectivity index (χ2v) is 7.84. The summed E-state index contributed by atoms with van der Waals surface area (Å²) in [6, 6.07) is 8.53. The summed E-state index contributed by atoms with van der Waals surface area (Å²) >= 11 is 0. The van der Waals surface area contributed by atoms with Crippen LogP contribution < -0.4 is 5.32 Å². The van der Waals surface area contributed by atoms with E-state index in [0.717, 1.165) is 30.5 Å². The van der Waals surface area contributed by atoms with Gasteiger partial charge in [0.25, 0.3) is 0 Å². The Morgan fingerprint density at radius 2 is 1.88 bits per heavy atom. The monoisotopic (exact) mass is 325 g/mol. The summed E-state index contributed by atoms with van der Waals surface area (Å²) in [4.78, 5) is 12.5. The fraction of sp³-hybridized carbons (Fsp3) is 0.476. The van der Waals surface area contributed by atoms with Crippen LogP contribution in [-0.2, 0) is 9.53 Å². The van der Waals surface area contributed by atoms with Gasteiger partial charge in [0.05, 0.1) is 12.7 Å². The molecule has 0 saturated heterocycles. The Morgan fingerprint density at radius 3 is 2.50 bits per heavy atom. The van der Waals surface area contributed by atoms with Gasteiger partial charge in [-0.15, -0.1) is 0 Å². The van der Waals surface area contributed by atoms with Crippen LogP contribution in [0.5, 0.6) is 0 Å². The van der Waals surface area contributed by atoms with Crippen LogP contribution >= 0.6 is 0 Å². The molecule has 3 rings (SSSR count). The van der Waals surface area contributed by atoms with Crippen molar-refractivity contribution in [2.24, 2.45) is 5.41 Å². The maximum atomic E-state index is 12.5. The summed E-state index contributed by atoms with van der Waals surface area (Å²) in [6.45, 7) is 8.70. The van der Waals surface area contributed by atoms with E-state index < -0.39 is 0 Å². The number of ether oxygens (including phenoxy) is 1. The second kappa shape index (κ2) is 6.12. The van der Waals surface area contributed by atoms with Crippen molar-refractivity contribution >= 4 is 5.97 Å². The van der Waals surface area contributed by atoms with Crippen LogP contribution in [0.4, 0.5) is 0 Å². The fourth-order valence-corrected chi connectivity index (χ4v) is 3.94. The number of rotatable bonds is 2. The van der Waals surface area contributed by atoms with E-state index in [1.54, 1.807) is 0 Å². The van der Waals surface area contributed by atoms with Crippen LogP contribution in [0.2, 0.25) is 0 Å². The van der Waals surface area contributed by atoms with E-state index in [2.05, 4.69) is 50.4 Å². The zero-order valence-electron chi connectivity index (χ0n) is 15.3. The minimum absolute atomic E-state index is 0.00500. The van der Waals surface area contributed by atoms with E-state index in [0.29, 0.717) is 5.41 Å². The van der Waals surface area contributed by atoms with Crippen molar-refractivity contribution in [2.75, 3.05) is 7.11 Å². The van der Waals surface area contributed by atoms with Gasteiger partial charge in [0, 0.05) is 17.3 Å². The largest absolute Gasteiger partial charge is 0.466 e. The van der Waals surface area contributed by atoms with Gasteiger partial charge < -0.3 is 10.1 Å². The summed E-state index contributed by atoms with van der Waals surface area (Å²) in [6.07, 6.45) is 3.18. The van der Waals surface area contributed by atoms with Crippen molar-refractivity contribution in [3.63, 3.8) is 0 Å². The molecule has 1 N–H and O–H groups in total. The lowest BCUT2D eigenvalue weighted by molar-refractivity contribution is -0.136. The van der Waals surface area contributed by atoms with E-state index in [1.165, 1.54) is 29.5 Å². The highest BCUT2D eigenvalue weighted by Gasteiger charge is 2.38. The quantitative estimate of drug-likeness (QED) is 0.808. The van der Waals surface area contributed by atoms with Gasteiger partial charge >= 0.3 is 5.97 Å². The highest BCUT2D eigenvalue weighted by Crippen LogP contribution is 2.48. The summed E-state index contributed by atoms with van der Waals surface area (Å²) in [5.74, 6) is -0.229. The highest BCUT2D eigenvalue weighted by atomic mass is 16.5. The molecule has 1 aromatic rings. The molecule has 128 valence electrons. The third-order valence-electron chi connectivity index (χ3n) is 5.31. The molecule has 1 atom stereocenters. The topological polar surface area (TPSA) is 38.3 Å². The molecule has 1 aliphatic carbocycles. The number of dihydropyridines is 1. The van der Waals surface area contributed by atoms with Crippen LogP contribution in [-0.4, -0.2) is 13.1 Å². The zero-order valence-corrected chi connectivity index (χ0v) is 15.3. The molecule has 1 unspecified atom stereocenters. The fourth-order valence-electron chi connectivity index (χ4n) is 3.94. The summed E-state index contributed by atoms with van der Waals surface area (Å²) in [7, 11) is 1.46. The number of hydrogen-bond donors (Lipinski definition) is 1. The Morgan fingerprint density at radius 1 is 1.21 bits per heavy atom. The van der Waals surface area contributed by atoms with Crippen LogP contribution in [0.25, 0.3) is 0 Å². The Bertz CT molecular complexity index is 723. The molecule has 3 nitrogen and oxygen atoms in total. The molecule has 0 bridgehead atoms. The molecule has 1 heterocycles. The lowest BCUT2D eigenvalue weighted by Gasteiger charge is -2.40. The standard InChI is InChI=1S/C21H27NO2/c1-13-6-8-15(9-7-13)19-16-10-11-21(3,4)12-17(16)22-14(2)18(19)20(23)24-5/h6-9,19,22H,10-12H2,1-5H3. The number of hydrogen-bond acceptors (Lipinski definition) is 3. The van der Waals surface area contributed by atoms with Gasteiger partial charge in [-0.05, 0) is 49.7 Å². The van der Waals surface area contributed by atoms with Gasteiger partial charge in [0.1, 0.15) is 0 Å². The molecule has 0 spiro atoms. The number of carbonyl (C=O) groups excluding carboxylic acids is 1. The molecule has 1 aliphatic heterocycles. The van der Waals surface area contributed by atoms with Gasteiger partial charge in [-0.25, -0.2) is 4.79 Å². The first-order valence-corrected chi connectivity index (χ1v) is 8.67. The summed E-state index contributed by atoms with van der Waals surface area (Å²) in [5, 5.41) is 3.51. The molecule has 0 aromatic heterocycles. The predicted molar refractivity (Wildman–Crippen MR) is 96.4 cm³/mol. The van der Waals surface area contributed by atoms with Crippen molar-refractivity contribution in [2.45, 2.75) is 52.9 Å². The average Bonchev–Trinajstić information content (AvgIpc) is 2.53. The maximum absolute atomic E-state index is 12.5. The van der Waals surface area contributed by atoms with Gasteiger partial charge in [0.2, 0.25) is 0 Å². The molecule has 1 aromatic carbocycles. The molecule has 0 amide bonds. The molecule has 24 heavy (non-hydrogen) atoms. The molecule has 0 saturated carbocycles. The van der Waals surface area contributed by atoms with Crippen LogP contribution in [0.15, 0.2) is 46.8 Å². The Hall–Kier alpha value is -2.03. The molecule has 2 aliphatic rings. The number of aryl methyl sites for hydroxylation is 1. The summed E-state index contributed by atoms with van der Waals surface area (Å²) < 4.78 is 5.10. The van der Waals surface area contributed by atoms with Gasteiger partial charge in [0.15, 0.2) is 0 Å². The first kappa shape index (κ1) is 16.8. The van der Waals surface area contributed by atoms with Crippen molar-refractivity contribution in [1.29, 1.82) is 0 Å². The second-order valence-electron chi connectivity index (χ2n) is 7.84. The molecular weight excluding hydrogens is 298 g/mol. The molecular formula is C21H27NO2. The number of nitrogens with one attached hydrogen (secondary N) is 1. The van der Waals surface area contributed by atoms with Crippen molar-refractivity contribution < 1.29 is 9.53 Å². The van der Waals surface area contributed by atoms with E-state index in [1.807, 2.05) is 6.92 Å². The minimum atomic E-state index is -0.234. The number of benzene rings is 1. The Labute approximate surface area is 144 Å². The van der Waals surface area contributed by atoms with Crippen LogP contribution in [0, 0.1) is 12.3 Å². The average molecular weight is 325 g/mol. The third kappa shape index (κ3) is 3.00. The smallest absolute Gasteiger partial charge is 0.336 e. The predicted octanol–water partition coefficient (Wildman–Crippen LogP) is 4.59. The van der Waals surface area contributed by atoms with Crippen molar-refractivity contribution in [3.8, 4) is 0 Å². The molecule has 0 fully saturated rings. The zero-order chi connectivity index (χ0) is 17.5. The first-order valence-electron chi connectivity index (χ1n) is 8.67. The number of allylic oxidation sites excluding steroid dienone is 3. The van der Waals surface area contributed by atoms with E-state index in [9.17, 15) is 4.79 Å². The number of esters is 1. The van der Waals surface area contributed by atoms with Crippen molar-refractivity contribution in [3.05, 3.63) is 57.9 Å². The van der Waals surface area contributed by atoms with Crippen LogP contribution in [0.3, 0.4) is 0 Å². The van der Waals surface area contributed by atoms with Crippen LogP contribution in [0.1, 0.15) is 57.1 Å². The van der Waals surface area contributed by atoms with Gasteiger partial charge in [-0.3, -0.25) is 0 Å².